The first-order valence-electron chi connectivity index (χ1n) is 5.77. The number of amides is 1. The number of hydrogen-bond donors (Lipinski definition) is 2. The van der Waals surface area contributed by atoms with Crippen molar-refractivity contribution in [3.63, 3.8) is 0 Å². The van der Waals surface area contributed by atoms with E-state index in [4.69, 9.17) is 0 Å². The number of hydrogen-bond acceptors (Lipinski definition) is 3. The minimum Gasteiger partial charge on any atom is -0.359 e. The molecule has 1 heterocycles. The minimum absolute atomic E-state index is 0.137. The molecule has 1 aliphatic heterocycles. The summed E-state index contributed by atoms with van der Waals surface area (Å²) in [5.74, 6) is 0.812. The van der Waals surface area contributed by atoms with Crippen LogP contribution in [0, 0.1) is 5.92 Å². The molecule has 1 aliphatic rings. The van der Waals surface area contributed by atoms with Crippen molar-refractivity contribution in [2.75, 3.05) is 33.7 Å². The van der Waals surface area contributed by atoms with E-state index in [0.717, 1.165) is 19.6 Å². The highest BCUT2D eigenvalue weighted by molar-refractivity contribution is 5.75. The number of carbonyl (C=O) groups is 1. The predicted octanol–water partition coefficient (Wildman–Crippen LogP) is 0.0523. The normalized spacial score (nSPS) is 27.7. The molecule has 0 spiro atoms. The minimum atomic E-state index is 0.137. The van der Waals surface area contributed by atoms with E-state index in [1.165, 1.54) is 6.42 Å². The fourth-order valence-electron chi connectivity index (χ4n) is 2.25. The lowest BCUT2D eigenvalue weighted by Gasteiger charge is -2.36. The Labute approximate surface area is 92.4 Å². The Kier molecular flexibility index (Phi) is 5.05. The molecule has 1 rings (SSSR count). The smallest absolute Gasteiger partial charge is 0.221 e. The average molecular weight is 213 g/mol. The van der Waals surface area contributed by atoms with Gasteiger partial charge < -0.3 is 15.5 Å². The second kappa shape index (κ2) is 6.08. The second-order valence-corrected chi connectivity index (χ2v) is 4.38. The van der Waals surface area contributed by atoms with Gasteiger partial charge in [0.1, 0.15) is 0 Å². The number of nitrogens with one attached hydrogen (secondary N) is 2. The lowest BCUT2D eigenvalue weighted by molar-refractivity contribution is -0.121. The Morgan fingerprint density at radius 3 is 2.73 bits per heavy atom. The summed E-state index contributed by atoms with van der Waals surface area (Å²) in [6, 6.07) is 0.640. The van der Waals surface area contributed by atoms with E-state index in [2.05, 4.69) is 22.5 Å². The number of rotatable bonds is 4. The highest BCUT2D eigenvalue weighted by Gasteiger charge is 2.24. The third kappa shape index (κ3) is 3.80. The topological polar surface area (TPSA) is 44.4 Å². The molecule has 0 aromatic rings. The molecule has 0 aromatic carbocycles. The van der Waals surface area contributed by atoms with Gasteiger partial charge in [-0.25, -0.2) is 0 Å². The van der Waals surface area contributed by atoms with Crippen LogP contribution in [0.2, 0.25) is 0 Å². The van der Waals surface area contributed by atoms with Gasteiger partial charge in [-0.1, -0.05) is 6.92 Å². The van der Waals surface area contributed by atoms with Gasteiger partial charge in [0, 0.05) is 32.6 Å². The lowest BCUT2D eigenvalue weighted by atomic mass is 9.94. The molecule has 1 amide bonds. The largest absolute Gasteiger partial charge is 0.359 e. The van der Waals surface area contributed by atoms with Crippen molar-refractivity contribution in [2.24, 2.45) is 5.92 Å². The average Bonchev–Trinajstić information content (AvgIpc) is 2.26. The van der Waals surface area contributed by atoms with Crippen molar-refractivity contribution in [3.8, 4) is 0 Å². The SMILES string of the molecule is CNC(=O)CCN1CCC(NC)C(C)C1. The molecular formula is C11H23N3O. The third-order valence-electron chi connectivity index (χ3n) is 3.29. The molecule has 2 N–H and O–H groups in total. The summed E-state index contributed by atoms with van der Waals surface area (Å²) in [4.78, 5) is 13.5. The summed E-state index contributed by atoms with van der Waals surface area (Å²) >= 11 is 0. The molecule has 4 nitrogen and oxygen atoms in total. The van der Waals surface area contributed by atoms with Crippen LogP contribution in [-0.4, -0.2) is 50.6 Å². The van der Waals surface area contributed by atoms with Crippen LogP contribution >= 0.6 is 0 Å². The van der Waals surface area contributed by atoms with Crippen molar-refractivity contribution in [3.05, 3.63) is 0 Å². The van der Waals surface area contributed by atoms with Crippen molar-refractivity contribution in [2.45, 2.75) is 25.8 Å². The summed E-state index contributed by atoms with van der Waals surface area (Å²) < 4.78 is 0. The third-order valence-corrected chi connectivity index (χ3v) is 3.29. The van der Waals surface area contributed by atoms with Crippen LogP contribution in [0.25, 0.3) is 0 Å². The van der Waals surface area contributed by atoms with Gasteiger partial charge in [0.2, 0.25) is 5.91 Å². The van der Waals surface area contributed by atoms with E-state index in [1.807, 2.05) is 7.05 Å². The Balaban J connectivity index is 2.25. The molecule has 88 valence electrons. The van der Waals surface area contributed by atoms with Crippen LogP contribution in [0.3, 0.4) is 0 Å². The van der Waals surface area contributed by atoms with E-state index in [-0.39, 0.29) is 5.91 Å². The maximum Gasteiger partial charge on any atom is 0.221 e. The van der Waals surface area contributed by atoms with E-state index < -0.39 is 0 Å². The zero-order valence-electron chi connectivity index (χ0n) is 10.0. The van der Waals surface area contributed by atoms with E-state index in [1.54, 1.807) is 7.05 Å². The Morgan fingerprint density at radius 1 is 1.47 bits per heavy atom. The molecule has 4 heteroatoms. The second-order valence-electron chi connectivity index (χ2n) is 4.38. The molecule has 2 atom stereocenters. The van der Waals surface area contributed by atoms with Gasteiger partial charge in [0.25, 0.3) is 0 Å². The van der Waals surface area contributed by atoms with Crippen LogP contribution in [0.5, 0.6) is 0 Å². The molecular weight excluding hydrogens is 190 g/mol. The Morgan fingerprint density at radius 2 is 2.20 bits per heavy atom. The summed E-state index contributed by atoms with van der Waals surface area (Å²) in [5, 5.41) is 6.00. The molecule has 0 saturated carbocycles. The first-order valence-corrected chi connectivity index (χ1v) is 5.77. The molecule has 0 aromatic heterocycles. The van der Waals surface area contributed by atoms with Crippen molar-refractivity contribution >= 4 is 5.91 Å². The molecule has 15 heavy (non-hydrogen) atoms. The Bertz CT molecular complexity index is 208. The molecule has 1 fully saturated rings. The zero-order valence-corrected chi connectivity index (χ0v) is 10.0. The predicted molar refractivity (Wildman–Crippen MR) is 61.8 cm³/mol. The van der Waals surface area contributed by atoms with Crippen molar-refractivity contribution in [1.82, 2.24) is 15.5 Å². The number of piperidine rings is 1. The number of likely N-dealkylation sites (tertiary alicyclic amines) is 1. The van der Waals surface area contributed by atoms with Gasteiger partial charge in [-0.2, -0.15) is 0 Å². The Hall–Kier alpha value is -0.610. The summed E-state index contributed by atoms with van der Waals surface area (Å²) in [5.41, 5.74) is 0. The van der Waals surface area contributed by atoms with Crippen LogP contribution in [0.4, 0.5) is 0 Å². The van der Waals surface area contributed by atoms with Crippen LogP contribution in [0.15, 0.2) is 0 Å². The first kappa shape index (κ1) is 12.5. The lowest BCUT2D eigenvalue weighted by Crippen LogP contribution is -2.47. The van der Waals surface area contributed by atoms with Crippen LogP contribution < -0.4 is 10.6 Å². The first-order chi connectivity index (χ1) is 7.17. The van der Waals surface area contributed by atoms with E-state index in [9.17, 15) is 4.79 Å². The quantitative estimate of drug-likeness (QED) is 0.694. The van der Waals surface area contributed by atoms with Gasteiger partial charge in [-0.05, 0) is 25.9 Å². The van der Waals surface area contributed by atoms with Gasteiger partial charge in [0.15, 0.2) is 0 Å². The standard InChI is InChI=1S/C11H23N3O/c1-9-8-14(6-4-10(9)12-2)7-5-11(15)13-3/h9-10,12H,4-8H2,1-3H3,(H,13,15). The fourth-order valence-corrected chi connectivity index (χ4v) is 2.25. The summed E-state index contributed by atoms with van der Waals surface area (Å²) in [6.45, 7) is 5.36. The fraction of sp³-hybridized carbons (Fsp3) is 0.909. The zero-order chi connectivity index (χ0) is 11.3. The van der Waals surface area contributed by atoms with E-state index >= 15 is 0 Å². The summed E-state index contributed by atoms with van der Waals surface area (Å²) in [6.07, 6.45) is 1.80. The summed E-state index contributed by atoms with van der Waals surface area (Å²) in [7, 11) is 3.72. The van der Waals surface area contributed by atoms with Crippen LogP contribution in [-0.2, 0) is 4.79 Å². The molecule has 0 bridgehead atoms. The number of carbonyl (C=O) groups excluding carboxylic acids is 1. The van der Waals surface area contributed by atoms with Gasteiger partial charge in [-0.3, -0.25) is 4.79 Å². The van der Waals surface area contributed by atoms with Gasteiger partial charge in [0.05, 0.1) is 0 Å². The highest BCUT2D eigenvalue weighted by atomic mass is 16.1. The van der Waals surface area contributed by atoms with Crippen molar-refractivity contribution in [1.29, 1.82) is 0 Å². The molecule has 2 unspecified atom stereocenters. The van der Waals surface area contributed by atoms with Gasteiger partial charge in [-0.15, -0.1) is 0 Å². The monoisotopic (exact) mass is 213 g/mol. The maximum atomic E-state index is 11.1. The van der Waals surface area contributed by atoms with Gasteiger partial charge >= 0.3 is 0 Å². The molecule has 0 aliphatic carbocycles. The van der Waals surface area contributed by atoms with E-state index in [0.29, 0.717) is 18.4 Å². The molecule has 0 radical (unpaired) electrons. The highest BCUT2D eigenvalue weighted by Crippen LogP contribution is 2.16. The van der Waals surface area contributed by atoms with Crippen molar-refractivity contribution < 1.29 is 4.79 Å². The van der Waals surface area contributed by atoms with Crippen LogP contribution in [0.1, 0.15) is 19.8 Å². The number of nitrogens with zero attached hydrogens (tertiary/aromatic N) is 1. The maximum absolute atomic E-state index is 11.1. The molecule has 1 saturated heterocycles.